The molecule has 1 aliphatic rings. The minimum absolute atomic E-state index is 0.249. The Morgan fingerprint density at radius 2 is 2.11 bits per heavy atom. The second-order valence-corrected chi connectivity index (χ2v) is 7.52. The Kier molecular flexibility index (Phi) is 5.04. The van der Waals surface area contributed by atoms with Crippen molar-refractivity contribution in [1.82, 2.24) is 4.90 Å². The highest BCUT2D eigenvalue weighted by atomic mass is 32.1. The molecule has 1 aliphatic heterocycles. The number of hydrogen-bond donors (Lipinski definition) is 1. The molecule has 3 heteroatoms. The van der Waals surface area contributed by atoms with Crippen molar-refractivity contribution in [3.63, 3.8) is 0 Å². The average molecular weight is 280 g/mol. The molecule has 4 atom stereocenters. The molecule has 4 unspecified atom stereocenters. The van der Waals surface area contributed by atoms with Gasteiger partial charge >= 0.3 is 0 Å². The van der Waals surface area contributed by atoms with Crippen molar-refractivity contribution in [3.05, 3.63) is 21.9 Å². The van der Waals surface area contributed by atoms with Crippen molar-refractivity contribution in [2.75, 3.05) is 13.1 Å². The first-order chi connectivity index (χ1) is 9.02. The molecule has 0 radical (unpaired) electrons. The number of piperidine rings is 1. The number of nitrogens with zero attached hydrogens (tertiary/aromatic N) is 1. The van der Waals surface area contributed by atoms with Crippen molar-refractivity contribution in [2.24, 2.45) is 17.6 Å². The molecular weight excluding hydrogens is 252 g/mol. The Bertz CT molecular complexity index is 401. The molecule has 1 aromatic heterocycles. The SMILES string of the molecule is CCC(N)C(c1ccc(C)s1)N1CCC(C)C(C)C1. The molecule has 108 valence electrons. The largest absolute Gasteiger partial charge is 0.326 e. The first-order valence-corrected chi connectivity index (χ1v) is 8.40. The molecule has 2 rings (SSSR count). The van der Waals surface area contributed by atoms with E-state index in [0.29, 0.717) is 6.04 Å². The van der Waals surface area contributed by atoms with Crippen LogP contribution >= 0.6 is 11.3 Å². The van der Waals surface area contributed by atoms with E-state index in [4.69, 9.17) is 5.73 Å². The van der Waals surface area contributed by atoms with Crippen molar-refractivity contribution >= 4 is 11.3 Å². The maximum Gasteiger partial charge on any atom is 0.0593 e. The van der Waals surface area contributed by atoms with E-state index in [2.05, 4.69) is 44.7 Å². The molecule has 1 saturated heterocycles. The third-order valence-electron chi connectivity index (χ3n) is 4.69. The standard InChI is InChI=1S/C16H28N2S/c1-5-14(17)16(15-7-6-13(4)19-15)18-9-8-11(2)12(3)10-18/h6-7,11-12,14,16H,5,8-10,17H2,1-4H3. The number of likely N-dealkylation sites (tertiary alicyclic amines) is 1. The molecule has 0 saturated carbocycles. The van der Waals surface area contributed by atoms with Gasteiger partial charge in [-0.25, -0.2) is 0 Å². The van der Waals surface area contributed by atoms with Crippen LogP contribution < -0.4 is 5.73 Å². The van der Waals surface area contributed by atoms with Gasteiger partial charge in [-0.2, -0.15) is 0 Å². The summed E-state index contributed by atoms with van der Waals surface area (Å²) in [5.41, 5.74) is 6.43. The summed E-state index contributed by atoms with van der Waals surface area (Å²) in [4.78, 5) is 5.47. The zero-order chi connectivity index (χ0) is 14.0. The van der Waals surface area contributed by atoms with Crippen LogP contribution in [0.2, 0.25) is 0 Å². The monoisotopic (exact) mass is 280 g/mol. The average Bonchev–Trinajstić information content (AvgIpc) is 2.80. The number of thiophene rings is 1. The second-order valence-electron chi connectivity index (χ2n) is 6.20. The smallest absolute Gasteiger partial charge is 0.0593 e. The minimum Gasteiger partial charge on any atom is -0.326 e. The number of hydrogen-bond acceptors (Lipinski definition) is 3. The molecule has 2 nitrogen and oxygen atoms in total. The van der Waals surface area contributed by atoms with Crippen molar-refractivity contribution in [1.29, 1.82) is 0 Å². The predicted octanol–water partition coefficient (Wildman–Crippen LogP) is 3.81. The number of nitrogens with two attached hydrogens (primary N) is 1. The van der Waals surface area contributed by atoms with Gasteiger partial charge in [0.25, 0.3) is 0 Å². The lowest BCUT2D eigenvalue weighted by atomic mass is 9.87. The van der Waals surface area contributed by atoms with Gasteiger partial charge < -0.3 is 5.73 Å². The van der Waals surface area contributed by atoms with Crippen LogP contribution in [0.4, 0.5) is 0 Å². The summed E-state index contributed by atoms with van der Waals surface area (Å²) in [5.74, 6) is 1.63. The van der Waals surface area contributed by atoms with Crippen molar-refractivity contribution in [3.8, 4) is 0 Å². The predicted molar refractivity (Wildman–Crippen MR) is 84.6 cm³/mol. The molecular formula is C16H28N2S. The maximum absolute atomic E-state index is 6.43. The highest BCUT2D eigenvalue weighted by Gasteiger charge is 2.32. The van der Waals surface area contributed by atoms with E-state index in [-0.39, 0.29) is 6.04 Å². The third-order valence-corrected chi connectivity index (χ3v) is 5.76. The summed E-state index contributed by atoms with van der Waals surface area (Å²) in [7, 11) is 0. The Hall–Kier alpha value is -0.380. The molecule has 2 heterocycles. The van der Waals surface area contributed by atoms with Gasteiger partial charge in [0.15, 0.2) is 0 Å². The summed E-state index contributed by atoms with van der Waals surface area (Å²) >= 11 is 1.91. The lowest BCUT2D eigenvalue weighted by Crippen LogP contribution is -2.46. The molecule has 0 aliphatic carbocycles. The molecule has 0 spiro atoms. The van der Waals surface area contributed by atoms with Crippen LogP contribution in [0.15, 0.2) is 12.1 Å². The Morgan fingerprint density at radius 3 is 2.63 bits per heavy atom. The van der Waals surface area contributed by atoms with Gasteiger partial charge in [-0.1, -0.05) is 20.8 Å². The topological polar surface area (TPSA) is 29.3 Å². The van der Waals surface area contributed by atoms with Crippen LogP contribution in [0.25, 0.3) is 0 Å². The number of rotatable bonds is 4. The van der Waals surface area contributed by atoms with E-state index in [1.165, 1.54) is 29.3 Å². The summed E-state index contributed by atoms with van der Waals surface area (Å²) < 4.78 is 0. The Labute approximate surface area is 122 Å². The third kappa shape index (κ3) is 3.39. The second kappa shape index (κ2) is 6.38. The fourth-order valence-corrected chi connectivity index (χ4v) is 4.13. The first-order valence-electron chi connectivity index (χ1n) is 7.58. The maximum atomic E-state index is 6.43. The molecule has 19 heavy (non-hydrogen) atoms. The van der Waals surface area contributed by atoms with Crippen LogP contribution in [-0.2, 0) is 0 Å². The molecule has 0 aromatic carbocycles. The highest BCUT2D eigenvalue weighted by molar-refractivity contribution is 7.12. The lowest BCUT2D eigenvalue weighted by Gasteiger charge is -2.42. The first kappa shape index (κ1) is 15.0. The van der Waals surface area contributed by atoms with Crippen molar-refractivity contribution < 1.29 is 0 Å². The quantitative estimate of drug-likeness (QED) is 0.908. The van der Waals surface area contributed by atoms with Gasteiger partial charge in [0.05, 0.1) is 6.04 Å². The van der Waals surface area contributed by atoms with Gasteiger partial charge in [-0.05, 0) is 50.3 Å². The Balaban J connectivity index is 2.18. The van der Waals surface area contributed by atoms with Crippen LogP contribution in [0.1, 0.15) is 49.4 Å². The van der Waals surface area contributed by atoms with E-state index >= 15 is 0 Å². The van der Waals surface area contributed by atoms with Gasteiger partial charge in [0, 0.05) is 22.3 Å². The summed E-state index contributed by atoms with van der Waals surface area (Å²) in [6.45, 7) is 11.5. The zero-order valence-electron chi connectivity index (χ0n) is 12.7. The van der Waals surface area contributed by atoms with E-state index < -0.39 is 0 Å². The van der Waals surface area contributed by atoms with E-state index in [1.54, 1.807) is 0 Å². The van der Waals surface area contributed by atoms with Gasteiger partial charge in [-0.3, -0.25) is 4.90 Å². The van der Waals surface area contributed by atoms with E-state index in [9.17, 15) is 0 Å². The molecule has 1 aromatic rings. The Morgan fingerprint density at radius 1 is 1.37 bits per heavy atom. The van der Waals surface area contributed by atoms with E-state index in [0.717, 1.165) is 18.3 Å². The van der Waals surface area contributed by atoms with Crippen LogP contribution in [-0.4, -0.2) is 24.0 Å². The molecule has 0 amide bonds. The van der Waals surface area contributed by atoms with Crippen molar-refractivity contribution in [2.45, 2.75) is 52.6 Å². The highest BCUT2D eigenvalue weighted by Crippen LogP contribution is 2.35. The van der Waals surface area contributed by atoms with Gasteiger partial charge in [0.2, 0.25) is 0 Å². The van der Waals surface area contributed by atoms with Gasteiger partial charge in [0.1, 0.15) is 0 Å². The van der Waals surface area contributed by atoms with E-state index in [1.807, 2.05) is 11.3 Å². The molecule has 2 N–H and O–H groups in total. The minimum atomic E-state index is 0.249. The normalized spacial score (nSPS) is 28.3. The van der Waals surface area contributed by atoms with Gasteiger partial charge in [-0.15, -0.1) is 11.3 Å². The molecule has 0 bridgehead atoms. The fourth-order valence-electron chi connectivity index (χ4n) is 3.05. The summed E-state index contributed by atoms with van der Waals surface area (Å²) in [5, 5.41) is 0. The zero-order valence-corrected chi connectivity index (χ0v) is 13.5. The number of aryl methyl sites for hydroxylation is 1. The van der Waals surface area contributed by atoms with Crippen LogP contribution in [0.3, 0.4) is 0 Å². The van der Waals surface area contributed by atoms with Crippen LogP contribution in [0, 0.1) is 18.8 Å². The molecule has 1 fully saturated rings. The summed E-state index contributed by atoms with van der Waals surface area (Å²) in [6, 6.07) is 5.17. The lowest BCUT2D eigenvalue weighted by molar-refractivity contribution is 0.0832. The van der Waals surface area contributed by atoms with Crippen LogP contribution in [0.5, 0.6) is 0 Å². The fraction of sp³-hybridized carbons (Fsp3) is 0.750. The summed E-state index contributed by atoms with van der Waals surface area (Å²) in [6.07, 6.45) is 2.35.